The average molecular weight is 527 g/mol. The lowest BCUT2D eigenvalue weighted by Crippen LogP contribution is -2.47. The van der Waals surface area contributed by atoms with Crippen molar-refractivity contribution in [3.63, 3.8) is 0 Å². The molecule has 1 aliphatic rings. The van der Waals surface area contributed by atoms with Crippen LogP contribution in [0.1, 0.15) is 54.4 Å². The van der Waals surface area contributed by atoms with Gasteiger partial charge in [-0.05, 0) is 56.0 Å². The van der Waals surface area contributed by atoms with E-state index in [0.717, 1.165) is 42.4 Å². The number of rotatable bonds is 10. The number of nitrogens with zero attached hydrogens (tertiary/aromatic N) is 5. The first-order valence-corrected chi connectivity index (χ1v) is 13.5. The third-order valence-electron chi connectivity index (χ3n) is 7.14. The van der Waals surface area contributed by atoms with Gasteiger partial charge >= 0.3 is 0 Å². The van der Waals surface area contributed by atoms with E-state index >= 15 is 0 Å². The van der Waals surface area contributed by atoms with Gasteiger partial charge in [-0.2, -0.15) is 4.80 Å². The van der Waals surface area contributed by atoms with Gasteiger partial charge in [-0.3, -0.25) is 9.59 Å². The minimum absolute atomic E-state index is 0.108. The van der Waals surface area contributed by atoms with Crippen molar-refractivity contribution in [3.8, 4) is 11.4 Å². The maximum atomic E-state index is 13.9. The third kappa shape index (κ3) is 6.60. The molecule has 1 unspecified atom stereocenters. The highest BCUT2D eigenvalue weighted by molar-refractivity contribution is 5.88. The van der Waals surface area contributed by atoms with Crippen LogP contribution in [0.25, 0.3) is 11.4 Å². The molecule has 202 valence electrons. The molecule has 5 rings (SSSR count). The molecule has 4 aromatic rings. The summed E-state index contributed by atoms with van der Waals surface area (Å²) in [6.07, 6.45) is 4.65. The molecule has 0 saturated heterocycles. The van der Waals surface area contributed by atoms with Crippen LogP contribution >= 0.6 is 0 Å². The Labute approximate surface area is 228 Å². The van der Waals surface area contributed by atoms with E-state index in [1.54, 1.807) is 11.0 Å². The highest BCUT2D eigenvalue weighted by Gasteiger charge is 2.35. The number of benzene rings is 2. The summed E-state index contributed by atoms with van der Waals surface area (Å²) >= 11 is 0. The maximum absolute atomic E-state index is 13.9. The van der Waals surface area contributed by atoms with E-state index < -0.39 is 6.04 Å². The Morgan fingerprint density at radius 1 is 1.03 bits per heavy atom. The minimum Gasteiger partial charge on any atom is -0.464 e. The van der Waals surface area contributed by atoms with E-state index in [1.165, 1.54) is 4.80 Å². The van der Waals surface area contributed by atoms with E-state index in [-0.39, 0.29) is 24.4 Å². The summed E-state index contributed by atoms with van der Waals surface area (Å²) in [7, 11) is 0. The largest absolute Gasteiger partial charge is 0.464 e. The summed E-state index contributed by atoms with van der Waals surface area (Å²) < 4.78 is 5.93. The lowest BCUT2D eigenvalue weighted by molar-refractivity contribution is -0.142. The number of aryl methyl sites for hydroxylation is 2. The lowest BCUT2D eigenvalue weighted by Gasteiger charge is -2.30. The number of carbonyl (C=O) groups excluding carboxylic acids is 2. The van der Waals surface area contributed by atoms with Gasteiger partial charge in [0.25, 0.3) is 5.91 Å². The standard InChI is InChI=1S/C30H34N6O3/c1-21-12-15-24(16-13-21)29-32-34-36(33-29)20-27(37)35(19-18-23-8-4-3-5-9-23)28(26-17-14-22(2)39-26)30(38)31-25-10-6-7-11-25/h3-5,8-9,12-17,25,28H,6-7,10-11,18-20H2,1-2H3,(H,31,38). The van der Waals surface area contributed by atoms with Crippen molar-refractivity contribution in [2.24, 2.45) is 0 Å². The van der Waals surface area contributed by atoms with Crippen LogP contribution in [0.4, 0.5) is 0 Å². The minimum atomic E-state index is -0.907. The number of carbonyl (C=O) groups is 2. The molecule has 2 aromatic carbocycles. The summed E-state index contributed by atoms with van der Waals surface area (Å²) in [5.41, 5.74) is 3.02. The van der Waals surface area contributed by atoms with Crippen molar-refractivity contribution in [1.29, 1.82) is 0 Å². The first-order chi connectivity index (χ1) is 19.0. The Balaban J connectivity index is 1.41. The molecule has 1 saturated carbocycles. The van der Waals surface area contributed by atoms with Crippen LogP contribution in [0.5, 0.6) is 0 Å². The van der Waals surface area contributed by atoms with Crippen LogP contribution in [0.15, 0.2) is 71.1 Å². The van der Waals surface area contributed by atoms with Gasteiger partial charge in [-0.15, -0.1) is 10.2 Å². The van der Waals surface area contributed by atoms with E-state index in [4.69, 9.17) is 4.42 Å². The van der Waals surface area contributed by atoms with Crippen molar-refractivity contribution in [3.05, 3.63) is 89.4 Å². The number of hydrogen-bond acceptors (Lipinski definition) is 6. The highest BCUT2D eigenvalue weighted by Crippen LogP contribution is 2.26. The normalized spacial score (nSPS) is 14.3. The number of amides is 2. The Morgan fingerprint density at radius 2 is 1.77 bits per heavy atom. The third-order valence-corrected chi connectivity index (χ3v) is 7.14. The second kappa shape index (κ2) is 12.1. The summed E-state index contributed by atoms with van der Waals surface area (Å²) in [6.45, 7) is 4.01. The molecule has 0 spiro atoms. The number of tetrazole rings is 1. The second-order valence-corrected chi connectivity index (χ2v) is 10.2. The summed E-state index contributed by atoms with van der Waals surface area (Å²) in [4.78, 5) is 30.5. The van der Waals surface area contributed by atoms with Crippen LogP contribution in [-0.4, -0.2) is 49.5 Å². The van der Waals surface area contributed by atoms with Gasteiger partial charge in [0.1, 0.15) is 18.1 Å². The van der Waals surface area contributed by atoms with Crippen molar-refractivity contribution in [2.75, 3.05) is 6.54 Å². The van der Waals surface area contributed by atoms with Crippen LogP contribution in [-0.2, 0) is 22.6 Å². The van der Waals surface area contributed by atoms with Gasteiger partial charge in [-0.25, -0.2) is 0 Å². The molecule has 1 aliphatic carbocycles. The van der Waals surface area contributed by atoms with Crippen molar-refractivity contribution in [2.45, 2.75) is 64.6 Å². The molecule has 2 amide bonds. The molecule has 2 aromatic heterocycles. The molecule has 39 heavy (non-hydrogen) atoms. The van der Waals surface area contributed by atoms with E-state index in [9.17, 15) is 9.59 Å². The van der Waals surface area contributed by atoms with Crippen molar-refractivity contribution in [1.82, 2.24) is 30.4 Å². The number of furan rings is 1. The lowest BCUT2D eigenvalue weighted by atomic mass is 10.1. The fourth-order valence-corrected chi connectivity index (χ4v) is 5.01. The van der Waals surface area contributed by atoms with Gasteiger partial charge in [0.05, 0.1) is 0 Å². The quantitative estimate of drug-likeness (QED) is 0.328. The topological polar surface area (TPSA) is 106 Å². The Kier molecular flexibility index (Phi) is 8.15. The van der Waals surface area contributed by atoms with Gasteiger partial charge in [0.15, 0.2) is 6.04 Å². The summed E-state index contributed by atoms with van der Waals surface area (Å²) in [5.74, 6) is 1.04. The zero-order valence-corrected chi connectivity index (χ0v) is 22.4. The monoisotopic (exact) mass is 526 g/mol. The SMILES string of the molecule is Cc1ccc(-c2nnn(CC(=O)N(CCc3ccccc3)C(C(=O)NC3CCCC3)c3ccc(C)o3)n2)cc1. The van der Waals surface area contributed by atoms with Crippen molar-refractivity contribution >= 4 is 11.8 Å². The van der Waals surface area contributed by atoms with Crippen molar-refractivity contribution < 1.29 is 14.0 Å². The first-order valence-electron chi connectivity index (χ1n) is 13.5. The molecule has 9 nitrogen and oxygen atoms in total. The smallest absolute Gasteiger partial charge is 0.250 e. The predicted molar refractivity (Wildman–Crippen MR) is 146 cm³/mol. The number of aromatic nitrogens is 4. The highest BCUT2D eigenvalue weighted by atomic mass is 16.3. The fraction of sp³-hybridized carbons (Fsp3) is 0.367. The summed E-state index contributed by atoms with van der Waals surface area (Å²) in [5, 5.41) is 15.9. The van der Waals surface area contributed by atoms with Gasteiger partial charge in [0.2, 0.25) is 11.7 Å². The molecule has 9 heteroatoms. The molecule has 1 fully saturated rings. The molecule has 0 radical (unpaired) electrons. The van der Waals surface area contributed by atoms with Crippen LogP contribution < -0.4 is 5.32 Å². The predicted octanol–water partition coefficient (Wildman–Crippen LogP) is 4.42. The molecule has 0 bridgehead atoms. The maximum Gasteiger partial charge on any atom is 0.250 e. The van der Waals surface area contributed by atoms with Crippen LogP contribution in [0.3, 0.4) is 0 Å². The molecule has 2 heterocycles. The fourth-order valence-electron chi connectivity index (χ4n) is 5.01. The Bertz CT molecular complexity index is 1390. The first kappa shape index (κ1) is 26.3. The average Bonchev–Trinajstić information content (AvgIpc) is 3.71. The van der Waals surface area contributed by atoms with Crippen LogP contribution in [0.2, 0.25) is 0 Å². The molecule has 0 aliphatic heterocycles. The summed E-state index contributed by atoms with van der Waals surface area (Å²) in [6, 6.07) is 20.5. The Morgan fingerprint density at radius 3 is 2.46 bits per heavy atom. The second-order valence-electron chi connectivity index (χ2n) is 10.2. The number of hydrogen-bond donors (Lipinski definition) is 1. The van der Waals surface area contributed by atoms with E-state index in [2.05, 4.69) is 20.7 Å². The van der Waals surface area contributed by atoms with Gasteiger partial charge in [0, 0.05) is 18.2 Å². The van der Waals surface area contributed by atoms with E-state index in [0.29, 0.717) is 30.3 Å². The number of nitrogens with one attached hydrogen (secondary N) is 1. The zero-order chi connectivity index (χ0) is 27.2. The van der Waals surface area contributed by atoms with Gasteiger partial charge < -0.3 is 14.6 Å². The zero-order valence-electron chi connectivity index (χ0n) is 22.4. The van der Waals surface area contributed by atoms with Crippen LogP contribution in [0, 0.1) is 13.8 Å². The molecule has 1 atom stereocenters. The molecular weight excluding hydrogens is 492 g/mol. The molecular formula is C30H34N6O3. The molecule has 1 N–H and O–H groups in total. The Hall–Kier alpha value is -4.27. The van der Waals surface area contributed by atoms with E-state index in [1.807, 2.05) is 74.5 Å². The van der Waals surface area contributed by atoms with Gasteiger partial charge in [-0.1, -0.05) is 73.0 Å².